The van der Waals surface area contributed by atoms with E-state index in [1.165, 1.54) is 32.7 Å². The molecule has 4 nitrogen and oxygen atoms in total. The van der Waals surface area contributed by atoms with Gasteiger partial charge < -0.3 is 4.42 Å². The lowest BCUT2D eigenvalue weighted by Gasteiger charge is -2.34. The van der Waals surface area contributed by atoms with Crippen molar-refractivity contribution in [2.45, 2.75) is 0 Å². The summed E-state index contributed by atoms with van der Waals surface area (Å²) in [6.07, 6.45) is 0. The maximum Gasteiger partial charge on any atom is 0.165 e. The van der Waals surface area contributed by atoms with E-state index in [1.807, 2.05) is 36.4 Å². The second kappa shape index (κ2) is 8.76. The number of nitrogens with zero attached hydrogens (tertiary/aromatic N) is 3. The minimum absolute atomic E-state index is 0.773. The number of hydrogen-bond acceptors (Lipinski definition) is 4. The minimum atomic E-state index is 0.773. The van der Waals surface area contributed by atoms with Crippen LogP contribution in [0.15, 0.2) is 144 Å². The Bertz CT molecular complexity index is 2630. The third-order valence-corrected chi connectivity index (χ3v) is 8.94. The van der Waals surface area contributed by atoms with Crippen LogP contribution in [-0.4, -0.2) is 9.97 Å². The van der Waals surface area contributed by atoms with E-state index in [9.17, 15) is 0 Å². The number of aromatic nitrogens is 2. The molecular weight excluding hydrogens is 538 g/mol. The Balaban J connectivity index is 1.36. The molecule has 0 N–H and O–H groups in total. The smallest absolute Gasteiger partial charge is 0.165 e. The zero-order valence-corrected chi connectivity index (χ0v) is 23.5. The van der Waals surface area contributed by atoms with Crippen molar-refractivity contribution in [2.24, 2.45) is 0 Å². The lowest BCUT2D eigenvalue weighted by molar-refractivity contribution is 0.670. The fourth-order valence-electron chi connectivity index (χ4n) is 6.98. The van der Waals surface area contributed by atoms with Gasteiger partial charge >= 0.3 is 0 Å². The van der Waals surface area contributed by atoms with Crippen LogP contribution in [0, 0.1) is 0 Å². The van der Waals surface area contributed by atoms with Crippen molar-refractivity contribution in [3.8, 4) is 22.4 Å². The molecule has 44 heavy (non-hydrogen) atoms. The lowest BCUT2D eigenvalue weighted by Crippen LogP contribution is -2.18. The molecule has 0 amide bonds. The predicted molar refractivity (Wildman–Crippen MR) is 181 cm³/mol. The maximum atomic E-state index is 6.55. The Morgan fingerprint density at radius 3 is 2.02 bits per heavy atom. The molecule has 0 bridgehead atoms. The molecule has 0 saturated heterocycles. The van der Waals surface area contributed by atoms with Gasteiger partial charge in [-0.2, -0.15) is 0 Å². The number of benzene rings is 7. The van der Waals surface area contributed by atoms with Gasteiger partial charge in [0.25, 0.3) is 0 Å². The van der Waals surface area contributed by atoms with Crippen LogP contribution in [0.25, 0.3) is 76.9 Å². The van der Waals surface area contributed by atoms with Crippen molar-refractivity contribution < 1.29 is 4.42 Å². The van der Waals surface area contributed by atoms with Gasteiger partial charge in [-0.1, -0.05) is 97.1 Å². The fourth-order valence-corrected chi connectivity index (χ4v) is 6.98. The third kappa shape index (κ3) is 3.22. The predicted octanol–water partition coefficient (Wildman–Crippen LogP) is 11.0. The SMILES string of the molecule is c1ccc2cc3c(cc2c1)-c1cccc2cccc(c12)N3c1nc2ccccc2nc1-c1cccc2c1oc1ccccc12. The van der Waals surface area contributed by atoms with Crippen LogP contribution in [0.5, 0.6) is 0 Å². The molecule has 0 radical (unpaired) electrons. The van der Waals surface area contributed by atoms with Crippen molar-refractivity contribution in [3.05, 3.63) is 140 Å². The Morgan fingerprint density at radius 1 is 0.477 bits per heavy atom. The average molecular weight is 562 g/mol. The summed E-state index contributed by atoms with van der Waals surface area (Å²) in [5, 5.41) is 6.95. The molecule has 0 atom stereocenters. The van der Waals surface area contributed by atoms with Gasteiger partial charge in [0.2, 0.25) is 0 Å². The van der Waals surface area contributed by atoms with Crippen molar-refractivity contribution in [2.75, 3.05) is 4.90 Å². The number of furan rings is 1. The van der Waals surface area contributed by atoms with Gasteiger partial charge in [0.05, 0.1) is 22.4 Å². The number of anilines is 3. The molecule has 1 aliphatic heterocycles. The molecule has 10 rings (SSSR count). The molecule has 2 aromatic heterocycles. The second-order valence-corrected chi connectivity index (χ2v) is 11.4. The van der Waals surface area contributed by atoms with Crippen LogP contribution >= 0.6 is 0 Å². The Kier molecular flexibility index (Phi) is 4.69. The first-order valence-electron chi connectivity index (χ1n) is 14.8. The first-order chi connectivity index (χ1) is 21.8. The van der Waals surface area contributed by atoms with Crippen LogP contribution in [0.1, 0.15) is 0 Å². The van der Waals surface area contributed by atoms with Crippen LogP contribution in [0.3, 0.4) is 0 Å². The first kappa shape index (κ1) is 23.6. The number of para-hydroxylation sites is 4. The highest BCUT2D eigenvalue weighted by Crippen LogP contribution is 2.53. The largest absolute Gasteiger partial charge is 0.455 e. The molecule has 0 fully saturated rings. The van der Waals surface area contributed by atoms with Crippen molar-refractivity contribution in [1.29, 1.82) is 0 Å². The first-order valence-corrected chi connectivity index (χ1v) is 14.8. The van der Waals surface area contributed by atoms with Gasteiger partial charge in [0.1, 0.15) is 16.9 Å². The van der Waals surface area contributed by atoms with Gasteiger partial charge in [-0.25, -0.2) is 9.97 Å². The highest BCUT2D eigenvalue weighted by Gasteiger charge is 2.30. The van der Waals surface area contributed by atoms with E-state index in [-0.39, 0.29) is 0 Å². The summed E-state index contributed by atoms with van der Waals surface area (Å²) < 4.78 is 6.55. The Hall–Kier alpha value is -6.00. The molecule has 3 heterocycles. The zero-order valence-electron chi connectivity index (χ0n) is 23.5. The van der Waals surface area contributed by atoms with E-state index in [0.29, 0.717) is 0 Å². The molecule has 1 aliphatic rings. The summed E-state index contributed by atoms with van der Waals surface area (Å²) >= 11 is 0. The molecule has 0 unspecified atom stereocenters. The summed E-state index contributed by atoms with van der Waals surface area (Å²) in [5.74, 6) is 0.773. The maximum absolute atomic E-state index is 6.55. The van der Waals surface area contributed by atoms with Gasteiger partial charge in [-0.15, -0.1) is 0 Å². The van der Waals surface area contributed by atoms with E-state index in [1.54, 1.807) is 0 Å². The van der Waals surface area contributed by atoms with Crippen LogP contribution in [-0.2, 0) is 0 Å². The normalized spacial score (nSPS) is 12.5. The fraction of sp³-hybridized carbons (Fsp3) is 0. The summed E-state index contributed by atoms with van der Waals surface area (Å²) in [5.41, 5.74) is 9.63. The molecule has 0 saturated carbocycles. The van der Waals surface area contributed by atoms with Crippen LogP contribution < -0.4 is 4.90 Å². The number of rotatable bonds is 2. The van der Waals surface area contributed by atoms with E-state index >= 15 is 0 Å². The van der Waals surface area contributed by atoms with Gasteiger partial charge in [0.15, 0.2) is 5.82 Å². The molecule has 0 spiro atoms. The Labute approximate surface area is 252 Å². The summed E-state index contributed by atoms with van der Waals surface area (Å²) in [6.45, 7) is 0. The van der Waals surface area contributed by atoms with E-state index in [0.717, 1.165) is 61.4 Å². The molecule has 0 aliphatic carbocycles. The van der Waals surface area contributed by atoms with Gasteiger partial charge in [-0.3, -0.25) is 4.90 Å². The highest BCUT2D eigenvalue weighted by molar-refractivity contribution is 6.17. The molecule has 204 valence electrons. The lowest BCUT2D eigenvalue weighted by atomic mass is 9.89. The van der Waals surface area contributed by atoms with Crippen molar-refractivity contribution in [1.82, 2.24) is 9.97 Å². The number of hydrogen-bond donors (Lipinski definition) is 0. The molecule has 9 aromatic rings. The van der Waals surface area contributed by atoms with Crippen LogP contribution in [0.4, 0.5) is 17.2 Å². The summed E-state index contributed by atoms with van der Waals surface area (Å²) in [4.78, 5) is 13.0. The monoisotopic (exact) mass is 561 g/mol. The van der Waals surface area contributed by atoms with Gasteiger partial charge in [-0.05, 0) is 64.2 Å². The molecule has 7 aromatic carbocycles. The Morgan fingerprint density at radius 2 is 1.14 bits per heavy atom. The summed E-state index contributed by atoms with van der Waals surface area (Å²) in [6, 6.07) is 48.9. The molecule has 4 heteroatoms. The average Bonchev–Trinajstić information content (AvgIpc) is 3.46. The van der Waals surface area contributed by atoms with E-state index in [2.05, 4.69) is 108 Å². The second-order valence-electron chi connectivity index (χ2n) is 11.4. The van der Waals surface area contributed by atoms with E-state index < -0.39 is 0 Å². The standard InChI is InChI=1S/C40H23N3O/c1-2-11-26-23-35-31(22-25(26)10-1)28-15-7-12-24-13-8-20-34(37(24)28)43(35)40-38(41-32-18-4-5-19-33(32)42-40)30-17-9-16-29-27-14-3-6-21-36(27)44-39(29)30/h1-23H. The summed E-state index contributed by atoms with van der Waals surface area (Å²) in [7, 11) is 0. The number of fused-ring (bicyclic) bond motifs is 7. The minimum Gasteiger partial charge on any atom is -0.455 e. The zero-order chi connectivity index (χ0) is 28.8. The molecular formula is C40H23N3O. The van der Waals surface area contributed by atoms with Gasteiger partial charge in [0, 0.05) is 27.3 Å². The quantitative estimate of drug-likeness (QED) is 0.211. The highest BCUT2D eigenvalue weighted by atomic mass is 16.3. The van der Waals surface area contributed by atoms with Crippen molar-refractivity contribution in [3.63, 3.8) is 0 Å². The van der Waals surface area contributed by atoms with E-state index in [4.69, 9.17) is 14.4 Å². The van der Waals surface area contributed by atoms with Crippen molar-refractivity contribution >= 4 is 71.7 Å². The van der Waals surface area contributed by atoms with Crippen LogP contribution in [0.2, 0.25) is 0 Å². The topological polar surface area (TPSA) is 42.2 Å². The third-order valence-electron chi connectivity index (χ3n) is 8.94.